The Morgan fingerprint density at radius 2 is 2.17 bits per heavy atom. The number of aromatic nitrogens is 1. The van der Waals surface area contributed by atoms with E-state index >= 15 is 0 Å². The zero-order valence-electron chi connectivity index (χ0n) is 13.2. The van der Waals surface area contributed by atoms with Gasteiger partial charge in [0.25, 0.3) is 0 Å². The first-order valence-electron chi connectivity index (χ1n) is 7.66. The fourth-order valence-corrected chi connectivity index (χ4v) is 3.09. The second kappa shape index (κ2) is 7.40. The Balaban J connectivity index is 1.56. The van der Waals surface area contributed by atoms with E-state index in [1.165, 1.54) is 12.3 Å². The van der Waals surface area contributed by atoms with Gasteiger partial charge >= 0.3 is 0 Å². The summed E-state index contributed by atoms with van der Waals surface area (Å²) >= 11 is 1.61. The maximum Gasteiger partial charge on any atom is 0.221 e. The minimum atomic E-state index is -0.359. The number of nitrogens with one attached hydrogen (secondary N) is 1. The van der Waals surface area contributed by atoms with E-state index in [1.54, 1.807) is 29.5 Å². The molecular formula is C18H17FN2O2S. The first-order chi connectivity index (χ1) is 11.6. The lowest BCUT2D eigenvalue weighted by molar-refractivity contribution is -0.121. The van der Waals surface area contributed by atoms with Crippen molar-refractivity contribution >= 4 is 17.2 Å². The largest absolute Gasteiger partial charge is 0.441 e. The SMILES string of the molecule is CC(NC(=O)CCc1ncc(-c2ccccc2F)o1)c1cccs1. The van der Waals surface area contributed by atoms with Crippen LogP contribution >= 0.6 is 11.3 Å². The molecule has 0 bridgehead atoms. The number of halogens is 1. The Labute approximate surface area is 143 Å². The molecule has 0 spiro atoms. The normalized spacial score (nSPS) is 12.1. The predicted octanol–water partition coefficient (Wildman–Crippen LogP) is 4.35. The molecule has 1 atom stereocenters. The number of hydrogen-bond donors (Lipinski definition) is 1. The van der Waals surface area contributed by atoms with Crippen molar-refractivity contribution in [1.29, 1.82) is 0 Å². The number of thiophene rings is 1. The fourth-order valence-electron chi connectivity index (χ4n) is 2.35. The summed E-state index contributed by atoms with van der Waals surface area (Å²) < 4.78 is 19.3. The van der Waals surface area contributed by atoms with Crippen LogP contribution in [0.5, 0.6) is 0 Å². The molecule has 1 unspecified atom stereocenters. The molecule has 2 heterocycles. The smallest absolute Gasteiger partial charge is 0.221 e. The van der Waals surface area contributed by atoms with Crippen molar-refractivity contribution in [2.24, 2.45) is 0 Å². The van der Waals surface area contributed by atoms with Gasteiger partial charge < -0.3 is 9.73 Å². The van der Waals surface area contributed by atoms with E-state index in [-0.39, 0.29) is 24.2 Å². The van der Waals surface area contributed by atoms with E-state index in [9.17, 15) is 9.18 Å². The average molecular weight is 344 g/mol. The summed E-state index contributed by atoms with van der Waals surface area (Å²) in [5.41, 5.74) is 0.368. The topological polar surface area (TPSA) is 55.1 Å². The van der Waals surface area contributed by atoms with E-state index in [0.29, 0.717) is 23.6 Å². The highest BCUT2D eigenvalue weighted by atomic mass is 32.1. The molecule has 2 aromatic heterocycles. The van der Waals surface area contributed by atoms with Crippen LogP contribution in [0.15, 0.2) is 52.4 Å². The van der Waals surface area contributed by atoms with Crippen LogP contribution in [0.3, 0.4) is 0 Å². The Hall–Kier alpha value is -2.47. The fraction of sp³-hybridized carbons (Fsp3) is 0.222. The molecule has 3 rings (SSSR count). The summed E-state index contributed by atoms with van der Waals surface area (Å²) in [6, 6.07) is 10.3. The number of aryl methyl sites for hydroxylation is 1. The van der Waals surface area contributed by atoms with Gasteiger partial charge in [-0.25, -0.2) is 9.37 Å². The number of benzene rings is 1. The van der Waals surface area contributed by atoms with E-state index in [2.05, 4.69) is 10.3 Å². The van der Waals surface area contributed by atoms with Crippen molar-refractivity contribution in [2.45, 2.75) is 25.8 Å². The summed E-state index contributed by atoms with van der Waals surface area (Å²) in [5, 5.41) is 4.92. The summed E-state index contributed by atoms with van der Waals surface area (Å²) in [7, 11) is 0. The minimum Gasteiger partial charge on any atom is -0.441 e. The van der Waals surface area contributed by atoms with Crippen molar-refractivity contribution in [3.63, 3.8) is 0 Å². The summed E-state index contributed by atoms with van der Waals surface area (Å²) in [6.07, 6.45) is 2.13. The van der Waals surface area contributed by atoms with Crippen LogP contribution in [-0.4, -0.2) is 10.9 Å². The number of oxazole rings is 1. The molecule has 0 saturated heterocycles. The third-order valence-electron chi connectivity index (χ3n) is 3.61. The Kier molecular flexibility index (Phi) is 5.05. The van der Waals surface area contributed by atoms with Crippen LogP contribution in [0.4, 0.5) is 4.39 Å². The molecule has 0 radical (unpaired) electrons. The van der Waals surface area contributed by atoms with Gasteiger partial charge in [-0.1, -0.05) is 18.2 Å². The Morgan fingerprint density at radius 1 is 1.33 bits per heavy atom. The molecule has 1 N–H and O–H groups in total. The number of rotatable bonds is 6. The van der Waals surface area contributed by atoms with Gasteiger partial charge in [0.15, 0.2) is 11.7 Å². The first-order valence-corrected chi connectivity index (χ1v) is 8.54. The van der Waals surface area contributed by atoms with Crippen molar-refractivity contribution in [1.82, 2.24) is 10.3 Å². The average Bonchev–Trinajstić information content (AvgIpc) is 3.25. The third kappa shape index (κ3) is 3.89. The molecule has 1 aromatic carbocycles. The number of nitrogens with zero attached hydrogens (tertiary/aromatic N) is 1. The molecule has 0 fully saturated rings. The van der Waals surface area contributed by atoms with E-state index in [0.717, 1.165) is 4.88 Å². The molecule has 6 heteroatoms. The summed E-state index contributed by atoms with van der Waals surface area (Å²) in [6.45, 7) is 1.95. The monoisotopic (exact) mass is 344 g/mol. The maximum atomic E-state index is 13.7. The molecular weight excluding hydrogens is 327 g/mol. The van der Waals surface area contributed by atoms with Gasteiger partial charge in [0.2, 0.25) is 5.91 Å². The van der Waals surface area contributed by atoms with Crippen LogP contribution in [0, 0.1) is 5.82 Å². The van der Waals surface area contributed by atoms with Crippen molar-refractivity contribution in [3.05, 3.63) is 64.6 Å². The van der Waals surface area contributed by atoms with Crippen LogP contribution in [0.2, 0.25) is 0 Å². The first kappa shape index (κ1) is 16.4. The predicted molar refractivity (Wildman–Crippen MR) is 91.1 cm³/mol. The van der Waals surface area contributed by atoms with Crippen molar-refractivity contribution < 1.29 is 13.6 Å². The van der Waals surface area contributed by atoms with E-state index < -0.39 is 0 Å². The van der Waals surface area contributed by atoms with Gasteiger partial charge in [0, 0.05) is 17.7 Å². The van der Waals surface area contributed by atoms with E-state index in [1.807, 2.05) is 24.4 Å². The van der Waals surface area contributed by atoms with Crippen LogP contribution in [-0.2, 0) is 11.2 Å². The summed E-state index contributed by atoms with van der Waals surface area (Å²) in [5.74, 6) is 0.367. The standard InChI is InChI=1S/C18H17FN2O2S/c1-12(16-7-4-10-24-16)21-17(22)8-9-18-20-11-15(23-18)13-5-2-3-6-14(13)19/h2-7,10-12H,8-9H2,1H3,(H,21,22). The second-order valence-electron chi connectivity index (χ2n) is 5.40. The van der Waals surface area contributed by atoms with Gasteiger partial charge in [-0.2, -0.15) is 0 Å². The van der Waals surface area contributed by atoms with Crippen LogP contribution in [0.25, 0.3) is 11.3 Å². The van der Waals surface area contributed by atoms with Crippen LogP contribution < -0.4 is 5.32 Å². The lowest BCUT2D eigenvalue weighted by Crippen LogP contribution is -2.26. The number of hydrogen-bond acceptors (Lipinski definition) is 4. The molecule has 1 amide bonds. The van der Waals surface area contributed by atoms with Crippen molar-refractivity contribution in [3.8, 4) is 11.3 Å². The lowest BCUT2D eigenvalue weighted by Gasteiger charge is -2.11. The molecule has 0 aliphatic heterocycles. The quantitative estimate of drug-likeness (QED) is 0.723. The molecule has 0 saturated carbocycles. The molecule has 124 valence electrons. The number of carbonyl (C=O) groups excluding carboxylic acids is 1. The van der Waals surface area contributed by atoms with Crippen LogP contribution in [0.1, 0.15) is 30.2 Å². The van der Waals surface area contributed by atoms with Gasteiger partial charge in [0.1, 0.15) is 5.82 Å². The third-order valence-corrected chi connectivity index (χ3v) is 4.66. The van der Waals surface area contributed by atoms with Gasteiger partial charge in [-0.3, -0.25) is 4.79 Å². The van der Waals surface area contributed by atoms with Gasteiger partial charge in [0.05, 0.1) is 17.8 Å². The molecule has 24 heavy (non-hydrogen) atoms. The molecule has 0 aliphatic carbocycles. The van der Waals surface area contributed by atoms with Gasteiger partial charge in [-0.15, -0.1) is 11.3 Å². The highest BCUT2D eigenvalue weighted by Gasteiger charge is 2.13. The van der Waals surface area contributed by atoms with Gasteiger partial charge in [-0.05, 0) is 30.5 Å². The zero-order valence-corrected chi connectivity index (χ0v) is 14.0. The number of carbonyl (C=O) groups is 1. The maximum absolute atomic E-state index is 13.7. The Morgan fingerprint density at radius 3 is 2.92 bits per heavy atom. The molecule has 4 nitrogen and oxygen atoms in total. The molecule has 0 aliphatic rings. The zero-order chi connectivity index (χ0) is 16.9. The number of amides is 1. The van der Waals surface area contributed by atoms with Crippen molar-refractivity contribution in [2.75, 3.05) is 0 Å². The highest BCUT2D eigenvalue weighted by molar-refractivity contribution is 7.10. The Bertz CT molecular complexity index is 814. The lowest BCUT2D eigenvalue weighted by atomic mass is 10.2. The highest BCUT2D eigenvalue weighted by Crippen LogP contribution is 2.23. The summed E-state index contributed by atoms with van der Waals surface area (Å²) in [4.78, 5) is 17.3. The molecule has 3 aromatic rings. The minimum absolute atomic E-state index is 0.0176. The van der Waals surface area contributed by atoms with E-state index in [4.69, 9.17) is 4.42 Å². The second-order valence-corrected chi connectivity index (χ2v) is 6.38.